The molecular formula is C24H19BrO5. The SMILES string of the molecule is COC12C=C(C(O)(c3ccccc3)c3ccccc3)C(c3ccc(Br)cc3)(OO1)O2. The fourth-order valence-electron chi connectivity index (χ4n) is 4.02. The number of aliphatic hydroxyl groups is 1. The molecule has 0 spiro atoms. The number of fused-ring (bicyclic) bond motifs is 2. The van der Waals surface area contributed by atoms with Gasteiger partial charge < -0.3 is 9.84 Å². The lowest BCUT2D eigenvalue weighted by atomic mass is 9.75. The molecule has 30 heavy (non-hydrogen) atoms. The number of methoxy groups -OCH3 is 1. The Kier molecular flexibility index (Phi) is 4.67. The van der Waals surface area contributed by atoms with Gasteiger partial charge in [0.1, 0.15) is 5.60 Å². The third-order valence-electron chi connectivity index (χ3n) is 5.52. The Morgan fingerprint density at radius 2 is 1.40 bits per heavy atom. The molecule has 2 bridgehead atoms. The summed E-state index contributed by atoms with van der Waals surface area (Å²) in [7, 11) is 1.46. The maximum atomic E-state index is 12.3. The molecule has 0 amide bonds. The van der Waals surface area contributed by atoms with E-state index in [0.29, 0.717) is 22.3 Å². The van der Waals surface area contributed by atoms with Crippen LogP contribution in [-0.2, 0) is 30.6 Å². The van der Waals surface area contributed by atoms with Gasteiger partial charge in [0.05, 0.1) is 0 Å². The summed E-state index contributed by atoms with van der Waals surface area (Å²) in [4.78, 5) is 11.2. The first-order valence-corrected chi connectivity index (χ1v) is 10.3. The molecule has 0 aliphatic carbocycles. The molecule has 2 heterocycles. The average molecular weight is 467 g/mol. The molecule has 5 rings (SSSR count). The Hall–Kier alpha value is -2.32. The Labute approximate surface area is 182 Å². The van der Waals surface area contributed by atoms with E-state index in [1.54, 1.807) is 6.08 Å². The minimum Gasteiger partial charge on any atom is -0.376 e. The van der Waals surface area contributed by atoms with Crippen molar-refractivity contribution >= 4 is 15.9 Å². The summed E-state index contributed by atoms with van der Waals surface area (Å²) < 4.78 is 12.6. The zero-order valence-corrected chi connectivity index (χ0v) is 17.7. The molecule has 152 valence electrons. The highest BCUT2D eigenvalue weighted by Crippen LogP contribution is 2.58. The summed E-state index contributed by atoms with van der Waals surface area (Å²) in [5, 5.41) is 12.3. The standard InChI is InChI=1S/C24H19BrO5/c1-27-22-16-21(24(28-22,30-29-22)19-12-14-20(25)15-13-19)23(26,17-8-4-2-5-9-17)18-10-6-3-7-11-18/h2-16,26H,1H3. The van der Waals surface area contributed by atoms with E-state index in [1.165, 1.54) is 7.11 Å². The summed E-state index contributed by atoms with van der Waals surface area (Å²) in [5.41, 5.74) is 0.913. The zero-order chi connectivity index (χ0) is 20.8. The Bertz CT molecular complexity index is 1040. The first kappa shape index (κ1) is 19.6. The smallest absolute Gasteiger partial charge is 0.336 e. The average Bonchev–Trinajstić information content (AvgIpc) is 3.36. The van der Waals surface area contributed by atoms with Crippen molar-refractivity contribution in [3.63, 3.8) is 0 Å². The van der Waals surface area contributed by atoms with Crippen LogP contribution in [0.4, 0.5) is 0 Å². The van der Waals surface area contributed by atoms with Crippen molar-refractivity contribution in [1.29, 1.82) is 0 Å². The number of rotatable bonds is 5. The molecule has 0 radical (unpaired) electrons. The van der Waals surface area contributed by atoms with E-state index in [4.69, 9.17) is 19.2 Å². The second kappa shape index (κ2) is 7.13. The largest absolute Gasteiger partial charge is 0.376 e. The van der Waals surface area contributed by atoms with Crippen molar-refractivity contribution in [2.75, 3.05) is 7.11 Å². The van der Waals surface area contributed by atoms with Gasteiger partial charge in [-0.2, -0.15) is 9.78 Å². The molecule has 2 aliphatic rings. The minimum atomic E-state index is -1.56. The predicted octanol–water partition coefficient (Wildman–Crippen LogP) is 4.76. The summed E-state index contributed by atoms with van der Waals surface area (Å²) in [6.07, 6.45) is 1.65. The van der Waals surface area contributed by atoms with Crippen molar-refractivity contribution in [3.05, 3.63) is 118 Å². The molecule has 1 fully saturated rings. The fraction of sp³-hybridized carbons (Fsp3) is 0.167. The first-order valence-electron chi connectivity index (χ1n) is 9.48. The van der Waals surface area contributed by atoms with Crippen molar-refractivity contribution < 1.29 is 24.4 Å². The normalized spacial score (nSPS) is 25.4. The van der Waals surface area contributed by atoms with Crippen LogP contribution < -0.4 is 0 Å². The number of hydrogen-bond donors (Lipinski definition) is 1. The van der Waals surface area contributed by atoms with E-state index in [1.807, 2.05) is 84.9 Å². The Morgan fingerprint density at radius 1 is 0.833 bits per heavy atom. The van der Waals surface area contributed by atoms with Crippen LogP contribution in [0.15, 0.2) is 101 Å². The van der Waals surface area contributed by atoms with Crippen LogP contribution in [-0.4, -0.2) is 18.2 Å². The van der Waals surface area contributed by atoms with Crippen LogP contribution in [0.5, 0.6) is 0 Å². The first-order chi connectivity index (χ1) is 14.5. The topological polar surface area (TPSA) is 57.2 Å². The maximum absolute atomic E-state index is 12.3. The van der Waals surface area contributed by atoms with Crippen LogP contribution in [0.3, 0.4) is 0 Å². The van der Waals surface area contributed by atoms with Crippen molar-refractivity contribution in [2.24, 2.45) is 0 Å². The zero-order valence-electron chi connectivity index (χ0n) is 16.1. The van der Waals surface area contributed by atoms with Gasteiger partial charge >= 0.3 is 5.97 Å². The molecular weight excluding hydrogens is 448 g/mol. The van der Waals surface area contributed by atoms with Crippen LogP contribution in [0.2, 0.25) is 0 Å². The van der Waals surface area contributed by atoms with Gasteiger partial charge in [0, 0.05) is 28.8 Å². The van der Waals surface area contributed by atoms with Gasteiger partial charge in [0.15, 0.2) is 0 Å². The molecule has 0 saturated carbocycles. The van der Waals surface area contributed by atoms with Crippen LogP contribution >= 0.6 is 15.9 Å². The molecule has 2 atom stereocenters. The van der Waals surface area contributed by atoms with Crippen LogP contribution in [0.1, 0.15) is 16.7 Å². The lowest BCUT2D eigenvalue weighted by Gasteiger charge is -2.38. The summed E-state index contributed by atoms with van der Waals surface area (Å²) in [6.45, 7) is 0. The van der Waals surface area contributed by atoms with E-state index < -0.39 is 17.4 Å². The molecule has 2 aliphatic heterocycles. The summed E-state index contributed by atoms with van der Waals surface area (Å²) in [6, 6.07) is 26.3. The number of benzene rings is 3. The third kappa shape index (κ3) is 2.80. The highest BCUT2D eigenvalue weighted by Gasteiger charge is 2.67. The Morgan fingerprint density at radius 3 is 1.93 bits per heavy atom. The van der Waals surface area contributed by atoms with Gasteiger partial charge in [-0.15, -0.1) is 0 Å². The Balaban J connectivity index is 1.77. The van der Waals surface area contributed by atoms with Gasteiger partial charge in [-0.25, -0.2) is 0 Å². The van der Waals surface area contributed by atoms with Crippen LogP contribution in [0.25, 0.3) is 0 Å². The van der Waals surface area contributed by atoms with Crippen molar-refractivity contribution in [2.45, 2.75) is 17.4 Å². The van der Waals surface area contributed by atoms with E-state index in [-0.39, 0.29) is 0 Å². The highest BCUT2D eigenvalue weighted by molar-refractivity contribution is 9.10. The van der Waals surface area contributed by atoms with Crippen molar-refractivity contribution in [1.82, 2.24) is 0 Å². The molecule has 1 saturated heterocycles. The van der Waals surface area contributed by atoms with Gasteiger partial charge in [0.25, 0.3) is 5.79 Å². The molecule has 2 unspecified atom stereocenters. The molecule has 0 aromatic heterocycles. The van der Waals surface area contributed by atoms with E-state index in [0.717, 1.165) is 4.47 Å². The molecule has 1 N–H and O–H groups in total. The molecule has 6 heteroatoms. The lowest BCUT2D eigenvalue weighted by molar-refractivity contribution is -0.398. The second-order valence-electron chi connectivity index (χ2n) is 7.20. The minimum absolute atomic E-state index is 0.461. The quantitative estimate of drug-likeness (QED) is 0.434. The van der Waals surface area contributed by atoms with E-state index >= 15 is 0 Å². The monoisotopic (exact) mass is 466 g/mol. The van der Waals surface area contributed by atoms with Gasteiger partial charge in [-0.1, -0.05) is 88.7 Å². The van der Waals surface area contributed by atoms with Gasteiger partial charge in [-0.3, -0.25) is 4.74 Å². The summed E-state index contributed by atoms with van der Waals surface area (Å²) >= 11 is 3.45. The number of halogens is 1. The highest BCUT2D eigenvalue weighted by atomic mass is 79.9. The van der Waals surface area contributed by atoms with Gasteiger partial charge in [0.2, 0.25) is 0 Å². The summed E-state index contributed by atoms with van der Waals surface area (Å²) in [5.74, 6) is -3.04. The lowest BCUT2D eigenvalue weighted by Crippen LogP contribution is -2.41. The molecule has 3 aromatic rings. The molecule has 5 nitrogen and oxygen atoms in total. The van der Waals surface area contributed by atoms with E-state index in [9.17, 15) is 5.11 Å². The van der Waals surface area contributed by atoms with E-state index in [2.05, 4.69) is 15.9 Å². The van der Waals surface area contributed by atoms with Crippen molar-refractivity contribution in [3.8, 4) is 0 Å². The maximum Gasteiger partial charge on any atom is 0.336 e. The second-order valence-corrected chi connectivity index (χ2v) is 8.12. The molecule has 3 aromatic carbocycles. The third-order valence-corrected chi connectivity index (χ3v) is 6.05. The number of hydrogen-bond acceptors (Lipinski definition) is 5. The number of ether oxygens (including phenoxy) is 2. The van der Waals surface area contributed by atoms with Gasteiger partial charge in [-0.05, 0) is 23.3 Å². The fourth-order valence-corrected chi connectivity index (χ4v) is 4.29. The predicted molar refractivity (Wildman–Crippen MR) is 113 cm³/mol. The van der Waals surface area contributed by atoms with Crippen LogP contribution in [0, 0.1) is 0 Å².